The van der Waals surface area contributed by atoms with Gasteiger partial charge in [0.1, 0.15) is 0 Å². The maximum Gasteiger partial charge on any atom is 0.0858 e. The van der Waals surface area contributed by atoms with Crippen LogP contribution in [0.3, 0.4) is 0 Å². The van der Waals surface area contributed by atoms with E-state index in [1.54, 1.807) is 17.2 Å². The van der Waals surface area contributed by atoms with Gasteiger partial charge in [-0.25, -0.2) is 0 Å². The fraction of sp³-hybridized carbons (Fsp3) is 0.125. The first-order valence-electron chi connectivity index (χ1n) is 6.58. The number of nitrogens with one attached hydrogen (secondary N) is 1. The van der Waals surface area contributed by atoms with Crippen LogP contribution in [-0.2, 0) is 6.54 Å². The summed E-state index contributed by atoms with van der Waals surface area (Å²) in [5, 5.41) is 11.6. The Morgan fingerprint density at radius 2 is 1.65 bits per heavy atom. The molecule has 1 heterocycles. The zero-order valence-corrected chi connectivity index (χ0v) is 11.3. The van der Waals surface area contributed by atoms with Gasteiger partial charge in [-0.15, -0.1) is 0 Å². The van der Waals surface area contributed by atoms with Crippen molar-refractivity contribution in [2.45, 2.75) is 13.5 Å². The van der Waals surface area contributed by atoms with Gasteiger partial charge in [-0.1, -0.05) is 24.3 Å². The van der Waals surface area contributed by atoms with Crippen molar-refractivity contribution in [3.63, 3.8) is 0 Å². The van der Waals surface area contributed by atoms with Crippen LogP contribution in [0.15, 0.2) is 60.9 Å². The van der Waals surface area contributed by atoms with E-state index in [2.05, 4.69) is 46.7 Å². The molecule has 3 rings (SSSR count). The quantitative estimate of drug-likeness (QED) is 0.787. The van der Waals surface area contributed by atoms with E-state index in [9.17, 15) is 0 Å². The molecular weight excluding hydrogens is 248 g/mol. The Labute approximate surface area is 118 Å². The van der Waals surface area contributed by atoms with Crippen molar-refractivity contribution >= 4 is 5.69 Å². The molecule has 0 unspecified atom stereocenters. The molecule has 4 nitrogen and oxygen atoms in total. The number of rotatable bonds is 4. The summed E-state index contributed by atoms with van der Waals surface area (Å²) in [5.41, 5.74) is 4.66. The second-order valence-electron chi connectivity index (χ2n) is 4.65. The van der Waals surface area contributed by atoms with Gasteiger partial charge in [-0.3, -0.25) is 0 Å². The number of benzene rings is 2. The van der Waals surface area contributed by atoms with E-state index in [-0.39, 0.29) is 0 Å². The van der Waals surface area contributed by atoms with Gasteiger partial charge < -0.3 is 5.32 Å². The molecule has 0 saturated carbocycles. The zero-order valence-electron chi connectivity index (χ0n) is 11.3. The van der Waals surface area contributed by atoms with E-state index >= 15 is 0 Å². The average Bonchev–Trinajstić information content (AvgIpc) is 3.01. The normalized spacial score (nSPS) is 10.4. The smallest absolute Gasteiger partial charge is 0.0858 e. The van der Waals surface area contributed by atoms with Crippen LogP contribution in [0, 0.1) is 6.92 Å². The van der Waals surface area contributed by atoms with Gasteiger partial charge in [0.25, 0.3) is 0 Å². The molecule has 0 atom stereocenters. The Kier molecular flexibility index (Phi) is 3.46. The van der Waals surface area contributed by atoms with Crippen molar-refractivity contribution < 1.29 is 0 Å². The summed E-state index contributed by atoms with van der Waals surface area (Å²) in [5.74, 6) is 0. The molecule has 0 amide bonds. The Balaban J connectivity index is 1.68. The second kappa shape index (κ2) is 5.57. The summed E-state index contributed by atoms with van der Waals surface area (Å²) in [6.07, 6.45) is 3.34. The minimum absolute atomic E-state index is 0.825. The molecule has 0 bridgehead atoms. The molecule has 0 spiro atoms. The predicted molar refractivity (Wildman–Crippen MR) is 79.9 cm³/mol. The van der Waals surface area contributed by atoms with Gasteiger partial charge >= 0.3 is 0 Å². The molecule has 1 N–H and O–H groups in total. The Bertz CT molecular complexity index is 672. The van der Waals surface area contributed by atoms with E-state index in [1.807, 2.05) is 24.3 Å². The molecule has 0 aliphatic rings. The summed E-state index contributed by atoms with van der Waals surface area (Å²) in [6.45, 7) is 2.95. The van der Waals surface area contributed by atoms with E-state index in [0.29, 0.717) is 0 Å². The van der Waals surface area contributed by atoms with Crippen LogP contribution < -0.4 is 5.32 Å². The van der Waals surface area contributed by atoms with Crippen LogP contribution in [0.25, 0.3) is 5.69 Å². The largest absolute Gasteiger partial charge is 0.381 e. The van der Waals surface area contributed by atoms with Crippen molar-refractivity contribution in [2.24, 2.45) is 0 Å². The summed E-state index contributed by atoms with van der Waals surface area (Å²) in [4.78, 5) is 1.60. The topological polar surface area (TPSA) is 42.7 Å². The van der Waals surface area contributed by atoms with Crippen molar-refractivity contribution in [1.29, 1.82) is 0 Å². The van der Waals surface area contributed by atoms with Crippen LogP contribution >= 0.6 is 0 Å². The van der Waals surface area contributed by atoms with Crippen molar-refractivity contribution in [1.82, 2.24) is 15.0 Å². The molecule has 4 heteroatoms. The van der Waals surface area contributed by atoms with E-state index in [1.165, 1.54) is 11.1 Å². The van der Waals surface area contributed by atoms with Gasteiger partial charge in [0.2, 0.25) is 0 Å². The highest BCUT2D eigenvalue weighted by Gasteiger charge is 1.99. The standard InChI is InChI=1S/C16H16N4/c1-13-4-2-3-5-14(13)12-17-15-6-8-16(9-7-15)20-18-10-11-19-20/h2-11,17H,12H2,1H3. The Morgan fingerprint density at radius 1 is 0.950 bits per heavy atom. The number of anilines is 1. The molecule has 3 aromatic rings. The molecule has 0 aliphatic heterocycles. The van der Waals surface area contributed by atoms with E-state index in [4.69, 9.17) is 0 Å². The molecule has 0 radical (unpaired) electrons. The minimum Gasteiger partial charge on any atom is -0.381 e. The van der Waals surface area contributed by atoms with Gasteiger partial charge in [0.05, 0.1) is 18.1 Å². The first kappa shape index (κ1) is 12.4. The third kappa shape index (κ3) is 2.69. The highest BCUT2D eigenvalue weighted by molar-refractivity contribution is 5.48. The molecule has 1 aromatic heterocycles. The fourth-order valence-electron chi connectivity index (χ4n) is 2.07. The van der Waals surface area contributed by atoms with E-state index < -0.39 is 0 Å². The fourth-order valence-corrected chi connectivity index (χ4v) is 2.07. The first-order valence-corrected chi connectivity index (χ1v) is 6.58. The number of hydrogen-bond acceptors (Lipinski definition) is 3. The lowest BCUT2D eigenvalue weighted by atomic mass is 10.1. The Morgan fingerprint density at radius 3 is 2.35 bits per heavy atom. The van der Waals surface area contributed by atoms with Crippen LogP contribution in [0.5, 0.6) is 0 Å². The summed E-state index contributed by atoms with van der Waals surface area (Å²) < 4.78 is 0. The molecule has 0 fully saturated rings. The van der Waals surface area contributed by atoms with Gasteiger partial charge in [0, 0.05) is 12.2 Å². The molecule has 0 saturated heterocycles. The lowest BCUT2D eigenvalue weighted by Gasteiger charge is -2.09. The predicted octanol–water partition coefficient (Wildman–Crippen LogP) is 3.19. The zero-order chi connectivity index (χ0) is 13.8. The summed E-state index contributed by atoms with van der Waals surface area (Å²) in [7, 11) is 0. The number of hydrogen-bond donors (Lipinski definition) is 1. The minimum atomic E-state index is 0.825. The second-order valence-corrected chi connectivity index (χ2v) is 4.65. The third-order valence-corrected chi connectivity index (χ3v) is 3.26. The highest BCUT2D eigenvalue weighted by atomic mass is 15.5. The maximum absolute atomic E-state index is 4.11. The third-order valence-electron chi connectivity index (χ3n) is 3.26. The lowest BCUT2D eigenvalue weighted by Crippen LogP contribution is -2.02. The molecule has 20 heavy (non-hydrogen) atoms. The number of aryl methyl sites for hydroxylation is 1. The van der Waals surface area contributed by atoms with Gasteiger partial charge in [-0.2, -0.15) is 15.0 Å². The SMILES string of the molecule is Cc1ccccc1CNc1ccc(-n2nccn2)cc1. The monoisotopic (exact) mass is 264 g/mol. The Hall–Kier alpha value is -2.62. The molecule has 100 valence electrons. The number of aromatic nitrogens is 3. The molecule has 0 aliphatic carbocycles. The lowest BCUT2D eigenvalue weighted by molar-refractivity contribution is 0.752. The summed E-state index contributed by atoms with van der Waals surface area (Å²) in [6, 6.07) is 16.5. The van der Waals surface area contributed by atoms with Crippen LogP contribution in [0.2, 0.25) is 0 Å². The van der Waals surface area contributed by atoms with Crippen LogP contribution in [-0.4, -0.2) is 15.0 Å². The number of nitrogens with zero attached hydrogens (tertiary/aromatic N) is 3. The van der Waals surface area contributed by atoms with Gasteiger partial charge in [-0.05, 0) is 42.3 Å². The van der Waals surface area contributed by atoms with E-state index in [0.717, 1.165) is 17.9 Å². The maximum atomic E-state index is 4.11. The summed E-state index contributed by atoms with van der Waals surface area (Å²) >= 11 is 0. The highest BCUT2D eigenvalue weighted by Crippen LogP contribution is 2.14. The van der Waals surface area contributed by atoms with Crippen molar-refractivity contribution in [3.05, 3.63) is 72.1 Å². The first-order chi connectivity index (χ1) is 9.83. The average molecular weight is 264 g/mol. The van der Waals surface area contributed by atoms with Gasteiger partial charge in [0.15, 0.2) is 0 Å². The van der Waals surface area contributed by atoms with Crippen LogP contribution in [0.4, 0.5) is 5.69 Å². The van der Waals surface area contributed by atoms with Crippen molar-refractivity contribution in [2.75, 3.05) is 5.32 Å². The van der Waals surface area contributed by atoms with Crippen molar-refractivity contribution in [3.8, 4) is 5.69 Å². The molecular formula is C16H16N4. The van der Waals surface area contributed by atoms with Crippen LogP contribution in [0.1, 0.15) is 11.1 Å². The molecule has 2 aromatic carbocycles.